The highest BCUT2D eigenvalue weighted by Gasteiger charge is 2.19. The largest absolute Gasteiger partial charge is 0.462 e. The summed E-state index contributed by atoms with van der Waals surface area (Å²) in [5.41, 5.74) is 1.79. The summed E-state index contributed by atoms with van der Waals surface area (Å²) in [7, 11) is 0. The first-order chi connectivity index (χ1) is 14.9. The summed E-state index contributed by atoms with van der Waals surface area (Å²) < 4.78 is 5.03. The number of nitrogens with zero attached hydrogens (tertiary/aromatic N) is 1. The molecular weight excluding hydrogens is 455 g/mol. The average Bonchev–Trinajstić information content (AvgIpc) is 2.74. The van der Waals surface area contributed by atoms with Gasteiger partial charge in [-0.1, -0.05) is 49.0 Å². The molecular formula is C23H26Cl2N2O3S. The standard InChI is InChI=1S/C23H26Cl2N2O3S/c1-3-5-6-10-21(28)26-23(31)27(15-18-19(24)8-7-9-20(18)25)17-13-11-16(12-14-17)22(29)30-4-2/h7-9,11-14H,3-6,10,15H2,1-2H3,(H,26,28,31). The van der Waals surface area contributed by atoms with E-state index in [1.54, 1.807) is 54.3 Å². The predicted octanol–water partition coefficient (Wildman–Crippen LogP) is 6.16. The van der Waals surface area contributed by atoms with Crippen LogP contribution in [0.1, 0.15) is 55.5 Å². The molecule has 0 unspecified atom stereocenters. The number of unbranched alkanes of at least 4 members (excludes halogenated alkanes) is 2. The lowest BCUT2D eigenvalue weighted by Gasteiger charge is -2.26. The van der Waals surface area contributed by atoms with Crippen LogP contribution in [0, 0.1) is 0 Å². The number of carbonyl (C=O) groups excluding carboxylic acids is 2. The van der Waals surface area contributed by atoms with Gasteiger partial charge in [-0.25, -0.2) is 4.79 Å². The SMILES string of the molecule is CCCCCC(=O)NC(=S)N(Cc1c(Cl)cccc1Cl)c1ccc(C(=O)OCC)cc1. The monoisotopic (exact) mass is 480 g/mol. The van der Waals surface area contributed by atoms with E-state index in [0.29, 0.717) is 39.9 Å². The van der Waals surface area contributed by atoms with Crippen molar-refractivity contribution in [3.63, 3.8) is 0 Å². The van der Waals surface area contributed by atoms with Crippen LogP contribution in [-0.2, 0) is 16.1 Å². The van der Waals surface area contributed by atoms with E-state index in [1.165, 1.54) is 0 Å². The molecule has 8 heteroatoms. The topological polar surface area (TPSA) is 58.6 Å². The fourth-order valence-electron chi connectivity index (χ4n) is 2.90. The quantitative estimate of drug-likeness (QED) is 0.264. The molecule has 1 amide bonds. The number of rotatable bonds is 9. The molecule has 0 aliphatic heterocycles. The van der Waals surface area contributed by atoms with Gasteiger partial charge in [-0.3, -0.25) is 4.79 Å². The molecule has 0 radical (unpaired) electrons. The number of anilines is 1. The molecule has 2 aromatic rings. The Hall–Kier alpha value is -2.15. The van der Waals surface area contributed by atoms with E-state index in [0.717, 1.165) is 19.3 Å². The highest BCUT2D eigenvalue weighted by atomic mass is 35.5. The maximum absolute atomic E-state index is 12.3. The Bertz CT molecular complexity index is 899. The van der Waals surface area contributed by atoms with Gasteiger partial charge in [0, 0.05) is 27.7 Å². The molecule has 0 spiro atoms. The summed E-state index contributed by atoms with van der Waals surface area (Å²) in [5.74, 6) is -0.543. The number of hydrogen-bond donors (Lipinski definition) is 1. The molecule has 2 rings (SSSR count). The Kier molecular flexibility index (Phi) is 10.2. The Morgan fingerprint density at radius 1 is 1.03 bits per heavy atom. The molecule has 0 aliphatic rings. The summed E-state index contributed by atoms with van der Waals surface area (Å²) in [6.45, 7) is 4.39. The molecule has 5 nitrogen and oxygen atoms in total. The minimum Gasteiger partial charge on any atom is -0.462 e. The molecule has 0 saturated carbocycles. The van der Waals surface area contributed by atoms with E-state index in [9.17, 15) is 9.59 Å². The van der Waals surface area contributed by atoms with Gasteiger partial charge in [0.25, 0.3) is 0 Å². The minimum absolute atomic E-state index is 0.142. The van der Waals surface area contributed by atoms with Crippen LogP contribution in [0.5, 0.6) is 0 Å². The number of hydrogen-bond acceptors (Lipinski definition) is 4. The molecule has 0 aliphatic carbocycles. The van der Waals surface area contributed by atoms with Gasteiger partial charge in [0.1, 0.15) is 0 Å². The maximum atomic E-state index is 12.3. The van der Waals surface area contributed by atoms with Crippen molar-refractivity contribution < 1.29 is 14.3 Å². The van der Waals surface area contributed by atoms with Crippen molar-refractivity contribution in [2.24, 2.45) is 0 Å². The average molecular weight is 481 g/mol. The zero-order valence-corrected chi connectivity index (χ0v) is 19.9. The van der Waals surface area contributed by atoms with E-state index >= 15 is 0 Å². The van der Waals surface area contributed by atoms with Gasteiger partial charge in [0.15, 0.2) is 5.11 Å². The lowest BCUT2D eigenvalue weighted by atomic mass is 10.1. The zero-order chi connectivity index (χ0) is 22.8. The van der Waals surface area contributed by atoms with Crippen LogP contribution in [0.25, 0.3) is 0 Å². The Balaban J connectivity index is 2.28. The Morgan fingerprint density at radius 3 is 2.26 bits per heavy atom. The highest BCUT2D eigenvalue weighted by Crippen LogP contribution is 2.28. The van der Waals surface area contributed by atoms with Gasteiger partial charge in [-0.05, 0) is 62.0 Å². The first-order valence-corrected chi connectivity index (χ1v) is 11.3. The lowest BCUT2D eigenvalue weighted by Crippen LogP contribution is -2.42. The molecule has 0 fully saturated rings. The maximum Gasteiger partial charge on any atom is 0.338 e. The molecule has 166 valence electrons. The van der Waals surface area contributed by atoms with Crippen molar-refractivity contribution in [3.05, 3.63) is 63.6 Å². The van der Waals surface area contributed by atoms with Crippen molar-refractivity contribution >= 4 is 58.1 Å². The lowest BCUT2D eigenvalue weighted by molar-refractivity contribution is -0.119. The van der Waals surface area contributed by atoms with E-state index in [1.807, 2.05) is 0 Å². The fourth-order valence-corrected chi connectivity index (χ4v) is 3.70. The second kappa shape index (κ2) is 12.6. The number of benzene rings is 2. The van der Waals surface area contributed by atoms with Crippen LogP contribution in [0.15, 0.2) is 42.5 Å². The third-order valence-electron chi connectivity index (χ3n) is 4.57. The number of nitrogens with one attached hydrogen (secondary N) is 1. The van der Waals surface area contributed by atoms with Gasteiger partial charge in [-0.2, -0.15) is 0 Å². The van der Waals surface area contributed by atoms with E-state index in [4.69, 9.17) is 40.2 Å². The Labute approximate surface area is 198 Å². The normalized spacial score (nSPS) is 10.5. The summed E-state index contributed by atoms with van der Waals surface area (Å²) in [5, 5.41) is 4.03. The van der Waals surface area contributed by atoms with Crippen LogP contribution in [0.4, 0.5) is 5.69 Å². The van der Waals surface area contributed by atoms with Crippen molar-refractivity contribution in [2.45, 2.75) is 46.1 Å². The third kappa shape index (κ3) is 7.49. The summed E-state index contributed by atoms with van der Waals surface area (Å²) in [6.07, 6.45) is 3.21. The Morgan fingerprint density at radius 2 is 1.68 bits per heavy atom. The van der Waals surface area contributed by atoms with Gasteiger partial charge >= 0.3 is 5.97 Å². The second-order valence-electron chi connectivity index (χ2n) is 6.86. The predicted molar refractivity (Wildman–Crippen MR) is 130 cm³/mol. The van der Waals surface area contributed by atoms with Gasteiger partial charge in [-0.15, -0.1) is 0 Å². The number of amides is 1. The van der Waals surface area contributed by atoms with E-state index in [-0.39, 0.29) is 17.6 Å². The van der Waals surface area contributed by atoms with Crippen LogP contribution in [-0.4, -0.2) is 23.6 Å². The molecule has 0 saturated heterocycles. The first-order valence-electron chi connectivity index (χ1n) is 10.2. The molecule has 0 bridgehead atoms. The van der Waals surface area contributed by atoms with Crippen LogP contribution in [0.3, 0.4) is 0 Å². The number of ether oxygens (including phenoxy) is 1. The van der Waals surface area contributed by atoms with Crippen LogP contribution in [0.2, 0.25) is 10.0 Å². The fraction of sp³-hybridized carbons (Fsp3) is 0.348. The number of thiocarbonyl (C=S) groups is 1. The van der Waals surface area contributed by atoms with Crippen molar-refractivity contribution in [2.75, 3.05) is 11.5 Å². The van der Waals surface area contributed by atoms with Crippen molar-refractivity contribution in [3.8, 4) is 0 Å². The third-order valence-corrected chi connectivity index (χ3v) is 5.60. The van der Waals surface area contributed by atoms with Crippen molar-refractivity contribution in [1.29, 1.82) is 0 Å². The smallest absolute Gasteiger partial charge is 0.338 e. The zero-order valence-electron chi connectivity index (χ0n) is 17.6. The summed E-state index contributed by atoms with van der Waals surface area (Å²) in [6, 6.07) is 12.0. The van der Waals surface area contributed by atoms with Crippen LogP contribution < -0.4 is 10.2 Å². The van der Waals surface area contributed by atoms with Crippen LogP contribution >= 0.6 is 35.4 Å². The highest BCUT2D eigenvalue weighted by molar-refractivity contribution is 7.80. The first kappa shape index (κ1) is 25.1. The minimum atomic E-state index is -0.401. The molecule has 0 aromatic heterocycles. The molecule has 31 heavy (non-hydrogen) atoms. The number of carbonyl (C=O) groups is 2. The molecule has 1 N–H and O–H groups in total. The number of esters is 1. The van der Waals surface area contributed by atoms with E-state index in [2.05, 4.69) is 12.2 Å². The van der Waals surface area contributed by atoms with E-state index < -0.39 is 5.97 Å². The van der Waals surface area contributed by atoms with Gasteiger partial charge in [0.2, 0.25) is 5.91 Å². The summed E-state index contributed by atoms with van der Waals surface area (Å²) in [4.78, 5) is 26.0. The molecule has 0 heterocycles. The van der Waals surface area contributed by atoms with Gasteiger partial charge < -0.3 is 15.0 Å². The van der Waals surface area contributed by atoms with Crippen molar-refractivity contribution in [1.82, 2.24) is 5.32 Å². The van der Waals surface area contributed by atoms with Gasteiger partial charge in [0.05, 0.1) is 18.7 Å². The number of halogens is 2. The summed E-state index contributed by atoms with van der Waals surface area (Å²) >= 11 is 18.2. The molecule has 2 aromatic carbocycles. The second-order valence-corrected chi connectivity index (χ2v) is 8.07. The molecule has 0 atom stereocenters.